The molecule has 1 aromatic carbocycles. The summed E-state index contributed by atoms with van der Waals surface area (Å²) in [6, 6.07) is 8.28. The zero-order valence-electron chi connectivity index (χ0n) is 12.8. The Kier molecular flexibility index (Phi) is 6.17. The minimum atomic E-state index is -2.93. The predicted molar refractivity (Wildman–Crippen MR) is 84.6 cm³/mol. The van der Waals surface area contributed by atoms with Gasteiger partial charge in [-0.2, -0.15) is 0 Å². The van der Waals surface area contributed by atoms with Gasteiger partial charge in [0.25, 0.3) is 0 Å². The van der Waals surface area contributed by atoms with Gasteiger partial charge in [-0.25, -0.2) is 8.42 Å². The first-order valence-corrected chi connectivity index (χ1v) is 9.03. The Labute approximate surface area is 122 Å². The van der Waals surface area contributed by atoms with Crippen LogP contribution in [0.5, 0.6) is 0 Å². The molecule has 0 bridgehead atoms. The first-order valence-electron chi connectivity index (χ1n) is 6.97. The molecule has 4 nitrogen and oxygen atoms in total. The average Bonchev–Trinajstić information content (AvgIpc) is 2.42. The predicted octanol–water partition coefficient (Wildman–Crippen LogP) is 1.61. The number of nitrogens with zero attached hydrogens (tertiary/aromatic N) is 1. The highest BCUT2D eigenvalue weighted by atomic mass is 32.2. The molecule has 0 aliphatic carbocycles. The summed E-state index contributed by atoms with van der Waals surface area (Å²) in [4.78, 5) is 2.00. The van der Waals surface area contributed by atoms with Gasteiger partial charge in [0.1, 0.15) is 9.84 Å². The Morgan fingerprint density at radius 3 is 2.25 bits per heavy atom. The van der Waals surface area contributed by atoms with E-state index in [0.717, 1.165) is 12.0 Å². The largest absolute Gasteiger partial charge is 0.323 e. The maximum Gasteiger partial charge on any atom is 0.148 e. The van der Waals surface area contributed by atoms with E-state index < -0.39 is 9.84 Å². The number of hydrogen-bond acceptors (Lipinski definition) is 4. The monoisotopic (exact) mass is 298 g/mol. The molecule has 20 heavy (non-hydrogen) atoms. The molecule has 0 saturated heterocycles. The van der Waals surface area contributed by atoms with E-state index in [2.05, 4.69) is 31.2 Å². The Morgan fingerprint density at radius 1 is 1.25 bits per heavy atom. The maximum absolute atomic E-state index is 11.2. The van der Waals surface area contributed by atoms with Gasteiger partial charge in [-0.3, -0.25) is 0 Å². The molecule has 2 unspecified atom stereocenters. The van der Waals surface area contributed by atoms with Gasteiger partial charge in [-0.05, 0) is 31.5 Å². The summed E-state index contributed by atoms with van der Waals surface area (Å²) in [5.74, 6) is 0.162. The highest BCUT2D eigenvalue weighted by Crippen LogP contribution is 2.18. The highest BCUT2D eigenvalue weighted by Gasteiger charge is 2.19. The molecular weight excluding hydrogens is 272 g/mol. The van der Waals surface area contributed by atoms with E-state index in [1.807, 2.05) is 18.9 Å². The number of benzene rings is 1. The lowest BCUT2D eigenvalue weighted by Crippen LogP contribution is -2.40. The summed E-state index contributed by atoms with van der Waals surface area (Å²) in [6.45, 7) is 4.65. The highest BCUT2D eigenvalue weighted by molar-refractivity contribution is 7.90. The van der Waals surface area contributed by atoms with Crippen LogP contribution < -0.4 is 5.73 Å². The van der Waals surface area contributed by atoms with Crippen LogP contribution in [0.2, 0.25) is 0 Å². The van der Waals surface area contributed by atoms with Crippen LogP contribution in [-0.4, -0.2) is 45.0 Å². The smallest absolute Gasteiger partial charge is 0.148 e. The minimum Gasteiger partial charge on any atom is -0.323 e. The molecular formula is C15H26N2O2S. The van der Waals surface area contributed by atoms with Crippen LogP contribution in [0.1, 0.15) is 31.0 Å². The number of nitrogens with two attached hydrogens (primary N) is 1. The van der Waals surface area contributed by atoms with E-state index >= 15 is 0 Å². The average molecular weight is 298 g/mol. The van der Waals surface area contributed by atoms with Crippen LogP contribution in [-0.2, 0) is 16.3 Å². The third-order valence-corrected chi connectivity index (χ3v) is 4.73. The second kappa shape index (κ2) is 7.20. The van der Waals surface area contributed by atoms with Crippen molar-refractivity contribution < 1.29 is 8.42 Å². The van der Waals surface area contributed by atoms with Gasteiger partial charge in [-0.15, -0.1) is 0 Å². The molecule has 0 aliphatic rings. The molecule has 1 aromatic rings. The minimum absolute atomic E-state index is 0.0872. The van der Waals surface area contributed by atoms with Crippen molar-refractivity contribution in [3.63, 3.8) is 0 Å². The van der Waals surface area contributed by atoms with E-state index in [1.165, 1.54) is 11.8 Å². The topological polar surface area (TPSA) is 63.4 Å². The third kappa shape index (κ3) is 5.23. The van der Waals surface area contributed by atoms with Crippen molar-refractivity contribution in [3.8, 4) is 0 Å². The van der Waals surface area contributed by atoms with Gasteiger partial charge in [0.05, 0.1) is 5.75 Å². The molecule has 2 atom stereocenters. The Balaban J connectivity index is 2.67. The van der Waals surface area contributed by atoms with Gasteiger partial charge < -0.3 is 10.6 Å². The third-order valence-electron chi connectivity index (χ3n) is 3.80. The maximum atomic E-state index is 11.2. The van der Waals surface area contributed by atoms with Crippen molar-refractivity contribution in [3.05, 3.63) is 35.4 Å². The molecule has 0 radical (unpaired) electrons. The number of likely N-dealkylation sites (N-methyl/N-ethyl adjacent to an activating group) is 1. The summed E-state index contributed by atoms with van der Waals surface area (Å²) in [5.41, 5.74) is 8.65. The van der Waals surface area contributed by atoms with Crippen molar-refractivity contribution >= 4 is 9.84 Å². The summed E-state index contributed by atoms with van der Waals surface area (Å²) < 4.78 is 22.4. The first-order chi connectivity index (χ1) is 9.24. The lowest BCUT2D eigenvalue weighted by Gasteiger charge is -2.29. The Morgan fingerprint density at radius 2 is 1.80 bits per heavy atom. The Bertz CT molecular complexity index is 511. The second-order valence-corrected chi connectivity index (χ2v) is 7.73. The molecule has 0 fully saturated rings. The lowest BCUT2D eigenvalue weighted by atomic mass is 9.99. The molecule has 0 saturated carbocycles. The van der Waals surface area contributed by atoms with Gasteiger partial charge >= 0.3 is 0 Å². The summed E-state index contributed by atoms with van der Waals surface area (Å²) >= 11 is 0. The van der Waals surface area contributed by atoms with Crippen molar-refractivity contribution in [1.29, 1.82) is 0 Å². The normalized spacial score (nSPS) is 15.3. The molecule has 0 aromatic heterocycles. The van der Waals surface area contributed by atoms with Gasteiger partial charge in [0, 0.05) is 24.9 Å². The number of hydrogen-bond donors (Lipinski definition) is 1. The van der Waals surface area contributed by atoms with E-state index in [-0.39, 0.29) is 17.8 Å². The quantitative estimate of drug-likeness (QED) is 0.831. The van der Waals surface area contributed by atoms with Crippen LogP contribution in [0.15, 0.2) is 24.3 Å². The zero-order chi connectivity index (χ0) is 15.3. The number of rotatable bonds is 7. The van der Waals surface area contributed by atoms with Gasteiger partial charge in [-0.1, -0.05) is 31.2 Å². The summed E-state index contributed by atoms with van der Waals surface area (Å²) in [5, 5.41) is 0. The standard InChI is InChI=1S/C15H26N2O2S/c1-5-13-6-8-14(9-7-13)15(16)12(2)17(3)10-11-20(4,18)19/h6-9,12,15H,5,10-11,16H2,1-4H3. The molecule has 5 heteroatoms. The molecule has 2 N–H and O–H groups in total. The van der Waals surface area contributed by atoms with Crippen LogP contribution in [0.3, 0.4) is 0 Å². The van der Waals surface area contributed by atoms with Gasteiger partial charge in [0.15, 0.2) is 0 Å². The first kappa shape index (κ1) is 17.1. The molecule has 0 amide bonds. The number of sulfone groups is 1. The lowest BCUT2D eigenvalue weighted by molar-refractivity contribution is 0.239. The van der Waals surface area contributed by atoms with Crippen molar-refractivity contribution in [1.82, 2.24) is 4.90 Å². The Hall–Kier alpha value is -0.910. The summed E-state index contributed by atoms with van der Waals surface area (Å²) in [6.07, 6.45) is 2.27. The second-order valence-electron chi connectivity index (χ2n) is 5.47. The van der Waals surface area contributed by atoms with E-state index in [9.17, 15) is 8.42 Å². The van der Waals surface area contributed by atoms with Crippen LogP contribution in [0.4, 0.5) is 0 Å². The molecule has 0 spiro atoms. The fourth-order valence-electron chi connectivity index (χ4n) is 2.04. The van der Waals surface area contributed by atoms with Gasteiger partial charge in [0.2, 0.25) is 0 Å². The van der Waals surface area contributed by atoms with Crippen molar-refractivity contribution in [2.45, 2.75) is 32.4 Å². The fraction of sp³-hybridized carbons (Fsp3) is 0.600. The van der Waals surface area contributed by atoms with Crippen LogP contribution in [0.25, 0.3) is 0 Å². The van der Waals surface area contributed by atoms with Crippen LogP contribution >= 0.6 is 0 Å². The van der Waals surface area contributed by atoms with Crippen molar-refractivity contribution in [2.75, 3.05) is 25.6 Å². The summed E-state index contributed by atoms with van der Waals surface area (Å²) in [7, 11) is -1.02. The van der Waals surface area contributed by atoms with E-state index in [1.54, 1.807) is 0 Å². The van der Waals surface area contributed by atoms with Crippen LogP contribution in [0, 0.1) is 0 Å². The van der Waals surface area contributed by atoms with E-state index in [4.69, 9.17) is 5.73 Å². The molecule has 0 aliphatic heterocycles. The van der Waals surface area contributed by atoms with Crippen molar-refractivity contribution in [2.24, 2.45) is 5.73 Å². The fourth-order valence-corrected chi connectivity index (χ4v) is 2.66. The molecule has 1 rings (SSSR count). The zero-order valence-corrected chi connectivity index (χ0v) is 13.7. The molecule has 114 valence electrons. The van der Waals surface area contributed by atoms with E-state index in [0.29, 0.717) is 6.54 Å². The SMILES string of the molecule is CCc1ccc(C(N)C(C)N(C)CCS(C)(=O)=O)cc1. The molecule has 0 heterocycles. The number of aryl methyl sites for hydroxylation is 1.